The molecule has 28 heavy (non-hydrogen) atoms. The van der Waals surface area contributed by atoms with E-state index in [4.69, 9.17) is 12.2 Å². The molecular weight excluding hydrogens is 382 g/mol. The second-order valence-corrected chi connectivity index (χ2v) is 7.32. The number of hydrogen-bond donors (Lipinski definition) is 0. The van der Waals surface area contributed by atoms with Crippen molar-refractivity contribution in [2.24, 2.45) is 5.92 Å². The SMILES string of the molecule is O=C(c1cc(F)ccc1F)C1CCN(Cn2nnc3ccccc3c2=S)CC1. The third-order valence-corrected chi connectivity index (χ3v) is 5.55. The summed E-state index contributed by atoms with van der Waals surface area (Å²) < 4.78 is 29.5. The number of aromatic nitrogens is 3. The number of Topliss-reactive ketones (excluding diaryl/α,β-unsaturated/α-hetero) is 1. The zero-order chi connectivity index (χ0) is 19.7. The summed E-state index contributed by atoms with van der Waals surface area (Å²) in [6.07, 6.45) is 1.15. The summed E-state index contributed by atoms with van der Waals surface area (Å²) in [5.74, 6) is -1.93. The molecule has 1 aromatic heterocycles. The van der Waals surface area contributed by atoms with E-state index in [9.17, 15) is 13.6 Å². The molecule has 144 valence electrons. The number of ketones is 1. The lowest BCUT2D eigenvalue weighted by Crippen LogP contribution is -2.38. The minimum atomic E-state index is -0.674. The van der Waals surface area contributed by atoms with Crippen LogP contribution in [0.1, 0.15) is 23.2 Å². The Labute approximate surface area is 165 Å². The lowest BCUT2D eigenvalue weighted by molar-refractivity contribution is 0.0797. The summed E-state index contributed by atoms with van der Waals surface area (Å²) in [4.78, 5) is 14.7. The van der Waals surface area contributed by atoms with Gasteiger partial charge >= 0.3 is 0 Å². The van der Waals surface area contributed by atoms with Crippen molar-refractivity contribution in [3.05, 3.63) is 64.3 Å². The molecule has 1 aliphatic rings. The van der Waals surface area contributed by atoms with Gasteiger partial charge in [-0.05, 0) is 43.2 Å². The number of benzene rings is 2. The number of piperidine rings is 1. The van der Waals surface area contributed by atoms with E-state index in [1.807, 2.05) is 24.3 Å². The first-order chi connectivity index (χ1) is 13.5. The molecule has 0 atom stereocenters. The van der Waals surface area contributed by atoms with Crippen molar-refractivity contribution in [2.75, 3.05) is 13.1 Å². The fourth-order valence-corrected chi connectivity index (χ4v) is 3.82. The monoisotopic (exact) mass is 400 g/mol. The Morgan fingerprint density at radius 3 is 2.68 bits per heavy atom. The second-order valence-electron chi connectivity index (χ2n) is 6.93. The molecule has 3 aromatic rings. The smallest absolute Gasteiger partial charge is 0.169 e. The van der Waals surface area contributed by atoms with Crippen molar-refractivity contribution >= 4 is 28.9 Å². The average molecular weight is 400 g/mol. The molecule has 0 aliphatic carbocycles. The standard InChI is InChI=1S/C20H18F2N4OS/c21-14-5-6-17(22)16(11-14)19(27)13-7-9-25(10-8-13)12-26-20(28)15-3-1-2-4-18(15)23-24-26/h1-6,11,13H,7-10,12H2. The van der Waals surface area contributed by atoms with Gasteiger partial charge in [-0.2, -0.15) is 0 Å². The molecule has 1 fully saturated rings. The van der Waals surface area contributed by atoms with Crippen molar-refractivity contribution in [1.29, 1.82) is 0 Å². The van der Waals surface area contributed by atoms with Gasteiger partial charge in [-0.25, -0.2) is 13.5 Å². The Kier molecular flexibility index (Phi) is 5.23. The van der Waals surface area contributed by atoms with Gasteiger partial charge in [0.1, 0.15) is 16.3 Å². The molecule has 8 heteroatoms. The van der Waals surface area contributed by atoms with Gasteiger partial charge in [-0.3, -0.25) is 9.69 Å². The van der Waals surface area contributed by atoms with Gasteiger partial charge in [-0.15, -0.1) is 5.10 Å². The van der Waals surface area contributed by atoms with Gasteiger partial charge in [0.05, 0.1) is 17.7 Å². The highest BCUT2D eigenvalue weighted by Crippen LogP contribution is 2.24. The zero-order valence-electron chi connectivity index (χ0n) is 15.0. The van der Waals surface area contributed by atoms with Crippen LogP contribution in [0, 0.1) is 22.2 Å². The number of likely N-dealkylation sites (tertiary alicyclic amines) is 1. The van der Waals surface area contributed by atoms with E-state index in [-0.39, 0.29) is 17.3 Å². The van der Waals surface area contributed by atoms with Gasteiger partial charge in [-0.1, -0.05) is 29.6 Å². The molecule has 0 radical (unpaired) electrons. The minimum absolute atomic E-state index is 0.166. The predicted molar refractivity (Wildman–Crippen MR) is 103 cm³/mol. The van der Waals surface area contributed by atoms with Crippen molar-refractivity contribution < 1.29 is 13.6 Å². The highest BCUT2D eigenvalue weighted by atomic mass is 32.1. The topological polar surface area (TPSA) is 51.0 Å². The summed E-state index contributed by atoms with van der Waals surface area (Å²) in [7, 11) is 0. The Morgan fingerprint density at radius 2 is 1.89 bits per heavy atom. The summed E-state index contributed by atoms with van der Waals surface area (Å²) in [6, 6.07) is 10.6. The Bertz CT molecular complexity index is 1090. The number of rotatable bonds is 4. The molecule has 1 aliphatic heterocycles. The van der Waals surface area contributed by atoms with Crippen molar-refractivity contribution in [2.45, 2.75) is 19.5 Å². The average Bonchev–Trinajstić information content (AvgIpc) is 2.72. The fraction of sp³-hybridized carbons (Fsp3) is 0.300. The number of fused-ring (bicyclic) bond motifs is 1. The Balaban J connectivity index is 1.43. The maximum absolute atomic E-state index is 13.9. The molecular formula is C20H18F2N4OS. The van der Waals surface area contributed by atoms with Crippen molar-refractivity contribution in [3.8, 4) is 0 Å². The minimum Gasteiger partial charge on any atom is -0.294 e. The van der Waals surface area contributed by atoms with E-state index in [1.54, 1.807) is 4.68 Å². The lowest BCUT2D eigenvalue weighted by atomic mass is 9.89. The first-order valence-electron chi connectivity index (χ1n) is 9.07. The maximum atomic E-state index is 13.9. The summed E-state index contributed by atoms with van der Waals surface area (Å²) in [5, 5.41) is 9.26. The van der Waals surface area contributed by atoms with Crippen LogP contribution in [0.25, 0.3) is 10.9 Å². The third-order valence-electron chi connectivity index (χ3n) is 5.12. The van der Waals surface area contributed by atoms with Crippen LogP contribution >= 0.6 is 12.2 Å². The molecule has 0 unspecified atom stereocenters. The van der Waals surface area contributed by atoms with Gasteiger partial charge in [0.25, 0.3) is 0 Å². The molecule has 0 amide bonds. The second kappa shape index (κ2) is 7.81. The highest BCUT2D eigenvalue weighted by molar-refractivity contribution is 7.71. The van der Waals surface area contributed by atoms with Crippen LogP contribution in [0.15, 0.2) is 42.5 Å². The number of nitrogens with zero attached hydrogens (tertiary/aromatic N) is 4. The van der Waals surface area contributed by atoms with Crippen LogP contribution in [0.5, 0.6) is 0 Å². The maximum Gasteiger partial charge on any atom is 0.169 e. The van der Waals surface area contributed by atoms with Gasteiger partial charge in [0.2, 0.25) is 0 Å². The van der Waals surface area contributed by atoms with Crippen LogP contribution in [-0.2, 0) is 6.67 Å². The molecule has 0 saturated carbocycles. The summed E-state index contributed by atoms with van der Waals surface area (Å²) in [6.45, 7) is 1.76. The number of hydrogen-bond acceptors (Lipinski definition) is 5. The van der Waals surface area contributed by atoms with Crippen molar-refractivity contribution in [1.82, 2.24) is 19.9 Å². The van der Waals surface area contributed by atoms with Crippen LogP contribution in [0.4, 0.5) is 8.78 Å². The van der Waals surface area contributed by atoms with Gasteiger partial charge in [0.15, 0.2) is 5.78 Å². The van der Waals surface area contributed by atoms with E-state index in [2.05, 4.69) is 15.2 Å². The van der Waals surface area contributed by atoms with E-state index in [1.165, 1.54) is 0 Å². The fourth-order valence-electron chi connectivity index (χ4n) is 3.55. The molecule has 2 aromatic carbocycles. The first kappa shape index (κ1) is 18.8. The van der Waals surface area contributed by atoms with Gasteiger partial charge in [0, 0.05) is 24.4 Å². The highest BCUT2D eigenvalue weighted by Gasteiger charge is 2.28. The van der Waals surface area contributed by atoms with E-state index < -0.39 is 11.6 Å². The van der Waals surface area contributed by atoms with Crippen LogP contribution in [-0.4, -0.2) is 38.8 Å². The number of carbonyl (C=O) groups excluding carboxylic acids is 1. The molecule has 1 saturated heterocycles. The normalized spacial score (nSPS) is 15.8. The molecule has 4 rings (SSSR count). The van der Waals surface area contributed by atoms with Crippen molar-refractivity contribution in [3.63, 3.8) is 0 Å². The largest absolute Gasteiger partial charge is 0.294 e. The van der Waals surface area contributed by atoms with Crippen LogP contribution in [0.3, 0.4) is 0 Å². The Hall–Kier alpha value is -2.58. The van der Waals surface area contributed by atoms with Crippen LogP contribution < -0.4 is 0 Å². The van der Waals surface area contributed by atoms with E-state index in [0.717, 1.165) is 29.1 Å². The quantitative estimate of drug-likeness (QED) is 0.490. The van der Waals surface area contributed by atoms with Crippen LogP contribution in [0.2, 0.25) is 0 Å². The van der Waals surface area contributed by atoms with Gasteiger partial charge < -0.3 is 0 Å². The number of carbonyl (C=O) groups is 1. The lowest BCUT2D eigenvalue weighted by Gasteiger charge is -2.31. The molecule has 5 nitrogen and oxygen atoms in total. The molecule has 0 N–H and O–H groups in total. The predicted octanol–water partition coefficient (Wildman–Crippen LogP) is 3.99. The zero-order valence-corrected chi connectivity index (χ0v) is 15.8. The number of halogens is 2. The third kappa shape index (κ3) is 3.70. The molecule has 0 bridgehead atoms. The molecule has 2 heterocycles. The first-order valence-corrected chi connectivity index (χ1v) is 9.48. The molecule has 0 spiro atoms. The van der Waals surface area contributed by atoms with E-state index in [0.29, 0.717) is 37.2 Å². The summed E-state index contributed by atoms with van der Waals surface area (Å²) >= 11 is 5.52. The Morgan fingerprint density at radius 1 is 1.14 bits per heavy atom. The van der Waals surface area contributed by atoms with E-state index >= 15 is 0 Å². The summed E-state index contributed by atoms with van der Waals surface area (Å²) in [5.41, 5.74) is 0.589.